The molecule has 1 atom stereocenters. The fourth-order valence-corrected chi connectivity index (χ4v) is 0.933. The molecule has 2 N–H and O–H groups in total. The Labute approximate surface area is 91.0 Å². The van der Waals surface area contributed by atoms with Gasteiger partial charge in [-0.25, -0.2) is 9.18 Å². The normalized spacial score (nSPS) is 21.4. The highest BCUT2D eigenvalue weighted by Crippen LogP contribution is 2.12. The number of ether oxygens (including phenoxy) is 2. The van der Waals surface area contributed by atoms with E-state index in [4.69, 9.17) is 5.73 Å². The summed E-state index contributed by atoms with van der Waals surface area (Å²) in [6.07, 6.45) is 5.58. The second-order valence-corrected chi connectivity index (χ2v) is 2.83. The first kappa shape index (κ1) is 12.0. The summed E-state index contributed by atoms with van der Waals surface area (Å²) >= 11 is 0. The second kappa shape index (κ2) is 5.69. The number of rotatable bonds is 1. The molecule has 2 heterocycles. The smallest absolute Gasteiger partial charge is 0.330 e. The van der Waals surface area contributed by atoms with Crippen molar-refractivity contribution in [1.29, 1.82) is 0 Å². The molecule has 86 valence electrons. The third-order valence-electron chi connectivity index (χ3n) is 1.63. The number of hydrogen-bond acceptors (Lipinski definition) is 4. The molecule has 0 aromatic carbocycles. The van der Waals surface area contributed by atoms with E-state index in [1.165, 1.54) is 18.4 Å². The van der Waals surface area contributed by atoms with Gasteiger partial charge >= 0.3 is 5.97 Å². The monoisotopic (exact) mass is 227 g/mol. The maximum Gasteiger partial charge on any atom is 0.330 e. The molecule has 0 spiro atoms. The van der Waals surface area contributed by atoms with Gasteiger partial charge in [-0.3, -0.25) is 4.79 Å². The zero-order chi connectivity index (χ0) is 12.0. The summed E-state index contributed by atoms with van der Waals surface area (Å²) in [6.45, 7) is 0.457. The lowest BCUT2D eigenvalue weighted by Crippen LogP contribution is -2.31. The summed E-state index contributed by atoms with van der Waals surface area (Å²) in [5, 5.41) is 0. The minimum atomic E-state index is -1.23. The number of primary amides is 1. The fourth-order valence-electron chi connectivity index (χ4n) is 0.933. The van der Waals surface area contributed by atoms with E-state index in [1.54, 1.807) is 6.08 Å². The van der Waals surface area contributed by atoms with Gasteiger partial charge in [-0.1, -0.05) is 0 Å². The number of carbonyl (C=O) groups is 2. The predicted octanol–water partition coefficient (Wildman–Crippen LogP) is 0.337. The molecule has 0 bridgehead atoms. The maximum atomic E-state index is 12.5. The van der Waals surface area contributed by atoms with Crippen LogP contribution < -0.4 is 5.73 Å². The van der Waals surface area contributed by atoms with E-state index in [9.17, 15) is 14.0 Å². The van der Waals surface area contributed by atoms with E-state index >= 15 is 0 Å². The van der Waals surface area contributed by atoms with Crippen LogP contribution in [0.15, 0.2) is 36.4 Å². The molecule has 2 rings (SSSR count). The Morgan fingerprint density at radius 3 is 2.62 bits per heavy atom. The van der Waals surface area contributed by atoms with Gasteiger partial charge < -0.3 is 15.2 Å². The van der Waals surface area contributed by atoms with E-state index in [0.717, 1.165) is 6.08 Å². The van der Waals surface area contributed by atoms with E-state index in [1.807, 2.05) is 0 Å². The van der Waals surface area contributed by atoms with Crippen LogP contribution >= 0.6 is 0 Å². The third kappa shape index (κ3) is 3.56. The van der Waals surface area contributed by atoms with Gasteiger partial charge in [0.25, 0.3) is 5.91 Å². The average Bonchev–Trinajstić information content (AvgIpc) is 2.70. The van der Waals surface area contributed by atoms with Gasteiger partial charge in [0.05, 0.1) is 6.26 Å². The van der Waals surface area contributed by atoms with Crippen molar-refractivity contribution in [2.24, 2.45) is 5.73 Å². The molecule has 16 heavy (non-hydrogen) atoms. The molecule has 0 aromatic rings. The van der Waals surface area contributed by atoms with Crippen molar-refractivity contribution in [3.63, 3.8) is 0 Å². The average molecular weight is 227 g/mol. The van der Waals surface area contributed by atoms with E-state index in [-0.39, 0.29) is 5.97 Å². The molecule has 0 fully saturated rings. The van der Waals surface area contributed by atoms with Crippen LogP contribution in [0.4, 0.5) is 4.39 Å². The predicted molar refractivity (Wildman–Crippen MR) is 52.5 cm³/mol. The van der Waals surface area contributed by atoms with E-state index in [0.29, 0.717) is 6.61 Å². The van der Waals surface area contributed by atoms with Gasteiger partial charge in [0.15, 0.2) is 5.83 Å². The van der Waals surface area contributed by atoms with E-state index in [2.05, 4.69) is 9.47 Å². The van der Waals surface area contributed by atoms with Gasteiger partial charge in [-0.05, 0) is 18.2 Å². The van der Waals surface area contributed by atoms with Crippen LogP contribution in [-0.4, -0.2) is 24.6 Å². The maximum absolute atomic E-state index is 12.5. The largest absolute Gasteiger partial charge is 0.481 e. The summed E-state index contributed by atoms with van der Waals surface area (Å²) in [5.74, 6) is -1.71. The van der Waals surface area contributed by atoms with Gasteiger partial charge in [-0.15, -0.1) is 0 Å². The van der Waals surface area contributed by atoms with Crippen molar-refractivity contribution in [1.82, 2.24) is 0 Å². The van der Waals surface area contributed by atoms with Crippen LogP contribution in [0.1, 0.15) is 0 Å². The number of carbonyl (C=O) groups excluding carboxylic acids is 2. The molecule has 2 aliphatic heterocycles. The van der Waals surface area contributed by atoms with Crippen molar-refractivity contribution in [3.05, 3.63) is 36.4 Å². The minimum Gasteiger partial charge on any atom is -0.481 e. The Morgan fingerprint density at radius 1 is 1.56 bits per heavy atom. The Balaban J connectivity index is 0.000000181. The molecule has 0 aromatic heterocycles. The molecule has 1 unspecified atom stereocenters. The molecule has 0 aliphatic carbocycles. The standard InChI is InChI=1S/C6H6FNO2.C4H4O2/c7-4-2-1-3-10-5(4)6(8)9;5-4-2-1-3-6-4/h1-3,5H,(H2,8,9);1-2H,3H2. The van der Waals surface area contributed by atoms with Crippen LogP contribution in [0.25, 0.3) is 0 Å². The summed E-state index contributed by atoms with van der Waals surface area (Å²) in [4.78, 5) is 20.3. The third-order valence-corrected chi connectivity index (χ3v) is 1.63. The summed E-state index contributed by atoms with van der Waals surface area (Å²) < 4.78 is 21.4. The Bertz CT molecular complexity index is 373. The molecule has 0 radical (unpaired) electrons. The summed E-state index contributed by atoms with van der Waals surface area (Å²) in [7, 11) is 0. The molecule has 5 nitrogen and oxygen atoms in total. The Kier molecular flexibility index (Phi) is 4.26. The lowest BCUT2D eigenvalue weighted by atomic mass is 10.2. The highest BCUT2D eigenvalue weighted by atomic mass is 19.1. The molecular weight excluding hydrogens is 217 g/mol. The molecule has 2 aliphatic rings. The summed E-state index contributed by atoms with van der Waals surface area (Å²) in [5.41, 5.74) is 4.78. The van der Waals surface area contributed by atoms with E-state index < -0.39 is 17.8 Å². The number of nitrogens with two attached hydrogens (primary N) is 1. The van der Waals surface area contributed by atoms with Crippen molar-refractivity contribution in [2.45, 2.75) is 6.10 Å². The highest BCUT2D eigenvalue weighted by Gasteiger charge is 2.22. The van der Waals surface area contributed by atoms with Crippen LogP contribution in [0.2, 0.25) is 0 Å². The number of esters is 1. The first-order chi connectivity index (χ1) is 7.61. The fraction of sp³-hybridized carbons (Fsp3) is 0.200. The zero-order valence-corrected chi connectivity index (χ0v) is 8.26. The SMILES string of the molecule is NC(=O)C1OC=CC=C1F.O=C1C=CCO1. The quantitative estimate of drug-likeness (QED) is 0.655. The molecule has 6 heteroatoms. The zero-order valence-electron chi connectivity index (χ0n) is 8.26. The number of allylic oxidation sites excluding steroid dienone is 2. The number of cyclic esters (lactones) is 1. The van der Waals surface area contributed by atoms with Crippen molar-refractivity contribution < 1.29 is 23.5 Å². The first-order valence-electron chi connectivity index (χ1n) is 4.41. The van der Waals surface area contributed by atoms with Gasteiger partial charge in [0.2, 0.25) is 6.10 Å². The van der Waals surface area contributed by atoms with Crippen LogP contribution in [-0.2, 0) is 19.1 Å². The van der Waals surface area contributed by atoms with Crippen LogP contribution in [0.3, 0.4) is 0 Å². The Hall–Kier alpha value is -2.11. The van der Waals surface area contributed by atoms with Gasteiger partial charge in [0.1, 0.15) is 6.61 Å². The number of hydrogen-bond donors (Lipinski definition) is 1. The minimum absolute atomic E-state index is 0.227. The summed E-state index contributed by atoms with van der Waals surface area (Å²) in [6, 6.07) is 0. The number of halogens is 1. The van der Waals surface area contributed by atoms with Crippen molar-refractivity contribution in [3.8, 4) is 0 Å². The Morgan fingerprint density at radius 2 is 2.31 bits per heavy atom. The first-order valence-corrected chi connectivity index (χ1v) is 4.41. The highest BCUT2D eigenvalue weighted by molar-refractivity contribution is 5.83. The van der Waals surface area contributed by atoms with Gasteiger partial charge in [0, 0.05) is 6.08 Å². The van der Waals surface area contributed by atoms with Crippen LogP contribution in [0.5, 0.6) is 0 Å². The molecular formula is C10H10FNO4. The molecule has 0 saturated heterocycles. The van der Waals surface area contributed by atoms with Gasteiger partial charge in [-0.2, -0.15) is 0 Å². The lowest BCUT2D eigenvalue weighted by molar-refractivity contribution is -0.134. The van der Waals surface area contributed by atoms with Crippen molar-refractivity contribution >= 4 is 11.9 Å². The topological polar surface area (TPSA) is 78.6 Å². The second-order valence-electron chi connectivity index (χ2n) is 2.83. The van der Waals surface area contributed by atoms with Crippen molar-refractivity contribution in [2.75, 3.05) is 6.61 Å². The lowest BCUT2D eigenvalue weighted by Gasteiger charge is -2.12. The van der Waals surface area contributed by atoms with Crippen LogP contribution in [0, 0.1) is 0 Å². The number of amides is 1. The molecule has 1 amide bonds. The molecule has 0 saturated carbocycles.